The van der Waals surface area contributed by atoms with Crippen molar-refractivity contribution in [1.29, 1.82) is 0 Å². The number of carbonyl (C=O) groups is 2. The molecule has 3 aromatic heterocycles. The molecule has 3 N–H and O–H groups in total. The van der Waals surface area contributed by atoms with Crippen molar-refractivity contribution in [3.8, 4) is 10.6 Å². The largest absolute Gasteiger partial charge is 0.384 e. The Kier molecular flexibility index (Phi) is 6.47. The average Bonchev–Trinajstić information content (AvgIpc) is 3.67. The van der Waals surface area contributed by atoms with E-state index < -0.39 is 6.10 Å². The minimum absolute atomic E-state index is 0.0380. The smallest absolute Gasteiger partial charge is 0.251 e. The first-order chi connectivity index (χ1) is 17.9. The second-order valence-electron chi connectivity index (χ2n) is 10.5. The molecule has 5 heterocycles. The third-order valence-corrected chi connectivity index (χ3v) is 9.08. The van der Waals surface area contributed by atoms with E-state index in [-0.39, 0.29) is 23.8 Å². The van der Waals surface area contributed by atoms with Crippen molar-refractivity contribution in [2.45, 2.75) is 38.0 Å². The zero-order valence-corrected chi connectivity index (χ0v) is 21.8. The van der Waals surface area contributed by atoms with Gasteiger partial charge in [0.25, 0.3) is 5.91 Å². The molecule has 0 spiro atoms. The molecule has 10 nitrogen and oxygen atoms in total. The molecule has 6 rings (SSSR count). The van der Waals surface area contributed by atoms with Gasteiger partial charge in [-0.2, -0.15) is 0 Å². The van der Waals surface area contributed by atoms with Crippen LogP contribution < -0.4 is 5.32 Å². The van der Waals surface area contributed by atoms with Crippen molar-refractivity contribution in [2.24, 2.45) is 11.8 Å². The van der Waals surface area contributed by atoms with Gasteiger partial charge in [-0.25, -0.2) is 9.97 Å². The first-order valence-electron chi connectivity index (χ1n) is 12.9. The molecule has 1 aliphatic carbocycles. The Morgan fingerprint density at radius 1 is 1.24 bits per heavy atom. The predicted molar refractivity (Wildman–Crippen MR) is 141 cm³/mol. The van der Waals surface area contributed by atoms with Crippen LogP contribution in [0.25, 0.3) is 21.6 Å². The maximum Gasteiger partial charge on any atom is 0.251 e. The fourth-order valence-electron chi connectivity index (χ4n) is 6.03. The number of aromatic nitrogens is 3. The van der Waals surface area contributed by atoms with Crippen molar-refractivity contribution in [3.63, 3.8) is 0 Å². The number of amides is 1. The number of carbonyl (C=O) groups excluding carboxylic acids is 2. The van der Waals surface area contributed by atoms with Gasteiger partial charge in [-0.15, -0.1) is 11.3 Å². The summed E-state index contributed by atoms with van der Waals surface area (Å²) in [5, 5.41) is 15.2. The fraction of sp³-hybridized carbons (Fsp3) is 0.538. The standard InChI is InChI=1S/C26H32N6O4S/c1-14(33)26(35)32-11-15-7-17(8-16(15)12-32)30-22-18-3-4-27-24(18)28-9-19(22)25-29-10-21(37-25)23(34)20-13-36-6-5-31(20)2/h3-4,9-10,14-17,20,33H,5-8,11-13H2,1-2H3,(H2,27,28,30)/t14-,15-,16+,17?,20?/m0/s1. The van der Waals surface area contributed by atoms with E-state index in [0.717, 1.165) is 46.7 Å². The van der Waals surface area contributed by atoms with Gasteiger partial charge in [0.15, 0.2) is 5.78 Å². The Morgan fingerprint density at radius 2 is 2.03 bits per heavy atom. The third kappa shape index (κ3) is 4.54. The highest BCUT2D eigenvalue weighted by Gasteiger charge is 2.43. The average molecular weight is 525 g/mol. The maximum absolute atomic E-state index is 13.2. The summed E-state index contributed by atoms with van der Waals surface area (Å²) in [6, 6.07) is 1.98. The number of ketones is 1. The molecule has 2 aliphatic heterocycles. The number of H-pyrrole nitrogens is 1. The molecule has 2 saturated heterocycles. The topological polar surface area (TPSA) is 124 Å². The molecule has 3 aliphatic rings. The van der Waals surface area contributed by atoms with Crippen LogP contribution in [0.2, 0.25) is 0 Å². The van der Waals surface area contributed by atoms with Crippen LogP contribution in [0.3, 0.4) is 0 Å². The van der Waals surface area contributed by atoms with Gasteiger partial charge in [0.2, 0.25) is 0 Å². The number of rotatable bonds is 6. The number of likely N-dealkylation sites (tertiary alicyclic amines) is 1. The number of aromatic amines is 1. The predicted octanol–water partition coefficient (Wildman–Crippen LogP) is 2.23. The quantitative estimate of drug-likeness (QED) is 0.420. The molecule has 1 saturated carbocycles. The van der Waals surface area contributed by atoms with Crippen LogP contribution >= 0.6 is 11.3 Å². The number of thiazole rings is 1. The van der Waals surface area contributed by atoms with Gasteiger partial charge in [-0.05, 0) is 44.7 Å². The van der Waals surface area contributed by atoms with E-state index in [2.05, 4.69) is 20.3 Å². The molecule has 3 aromatic rings. The number of likely N-dealkylation sites (N-methyl/N-ethyl adjacent to an activating group) is 1. The van der Waals surface area contributed by atoms with E-state index in [1.165, 1.54) is 18.3 Å². The van der Waals surface area contributed by atoms with E-state index in [1.54, 1.807) is 11.1 Å². The molecule has 5 atom stereocenters. The minimum atomic E-state index is -0.949. The number of fused-ring (bicyclic) bond motifs is 2. The van der Waals surface area contributed by atoms with Crippen LogP contribution in [-0.4, -0.2) is 99.6 Å². The van der Waals surface area contributed by atoms with Gasteiger partial charge >= 0.3 is 0 Å². The number of aliphatic hydroxyl groups excluding tert-OH is 1. The summed E-state index contributed by atoms with van der Waals surface area (Å²) in [6.07, 6.45) is 6.34. The van der Waals surface area contributed by atoms with E-state index in [9.17, 15) is 14.7 Å². The van der Waals surface area contributed by atoms with Crippen molar-refractivity contribution >= 4 is 39.7 Å². The zero-order valence-electron chi connectivity index (χ0n) is 21.0. The Hall–Kier alpha value is -2.86. The Labute approximate surface area is 219 Å². The molecule has 3 fully saturated rings. The molecule has 0 radical (unpaired) electrons. The highest BCUT2D eigenvalue weighted by atomic mass is 32.1. The summed E-state index contributed by atoms with van der Waals surface area (Å²) in [4.78, 5) is 42.3. The number of ether oxygens (including phenoxy) is 1. The molecular weight excluding hydrogens is 492 g/mol. The zero-order chi connectivity index (χ0) is 25.7. The number of pyridine rings is 1. The third-order valence-electron chi connectivity index (χ3n) is 8.03. The summed E-state index contributed by atoms with van der Waals surface area (Å²) in [7, 11) is 1.95. The number of nitrogens with one attached hydrogen (secondary N) is 2. The molecule has 37 heavy (non-hydrogen) atoms. The summed E-state index contributed by atoms with van der Waals surface area (Å²) >= 11 is 1.40. The maximum atomic E-state index is 13.2. The van der Waals surface area contributed by atoms with Crippen LogP contribution in [0.4, 0.5) is 5.69 Å². The van der Waals surface area contributed by atoms with Gasteiger partial charge in [0.1, 0.15) is 16.8 Å². The summed E-state index contributed by atoms with van der Waals surface area (Å²) in [5.41, 5.74) is 2.65. The molecule has 2 unspecified atom stereocenters. The lowest BCUT2D eigenvalue weighted by Crippen LogP contribution is -2.47. The lowest BCUT2D eigenvalue weighted by Gasteiger charge is -2.30. The molecule has 0 aromatic carbocycles. The van der Waals surface area contributed by atoms with E-state index in [0.29, 0.717) is 43.0 Å². The van der Waals surface area contributed by atoms with Crippen molar-refractivity contribution in [1.82, 2.24) is 24.8 Å². The normalized spacial score (nSPS) is 26.9. The Morgan fingerprint density at radius 3 is 2.76 bits per heavy atom. The van der Waals surface area contributed by atoms with Crippen LogP contribution in [0.1, 0.15) is 29.4 Å². The second kappa shape index (κ2) is 9.79. The number of morpholine rings is 1. The van der Waals surface area contributed by atoms with Gasteiger partial charge in [0.05, 0.1) is 35.4 Å². The monoisotopic (exact) mass is 524 g/mol. The summed E-state index contributed by atoms with van der Waals surface area (Å²) < 4.78 is 5.55. The molecule has 196 valence electrons. The van der Waals surface area contributed by atoms with Crippen molar-refractivity contribution in [3.05, 3.63) is 29.5 Å². The molecule has 1 amide bonds. The highest BCUT2D eigenvalue weighted by molar-refractivity contribution is 7.17. The molecule has 11 heteroatoms. The number of aliphatic hydroxyl groups is 1. The van der Waals surface area contributed by atoms with Crippen LogP contribution in [-0.2, 0) is 9.53 Å². The number of hydrogen-bond donors (Lipinski definition) is 3. The summed E-state index contributed by atoms with van der Waals surface area (Å²) in [5.74, 6) is 0.706. The van der Waals surface area contributed by atoms with Crippen LogP contribution in [0, 0.1) is 11.8 Å². The fourth-order valence-corrected chi connectivity index (χ4v) is 6.95. The highest BCUT2D eigenvalue weighted by Crippen LogP contribution is 2.42. The first-order valence-corrected chi connectivity index (χ1v) is 13.7. The number of hydrogen-bond acceptors (Lipinski definition) is 9. The van der Waals surface area contributed by atoms with Gasteiger partial charge in [0, 0.05) is 49.7 Å². The Balaban J connectivity index is 1.23. The SMILES string of the molecule is C[C@H](O)C(=O)N1C[C@H]2CC(Nc3c(-c4ncc(C(=O)C5COCCN5C)s4)cnc4[nH]ccc34)C[C@H]2C1. The van der Waals surface area contributed by atoms with Gasteiger partial charge < -0.3 is 25.0 Å². The lowest BCUT2D eigenvalue weighted by molar-refractivity contribution is -0.138. The Bertz CT molecular complexity index is 1310. The lowest BCUT2D eigenvalue weighted by atomic mass is 10.0. The first kappa shape index (κ1) is 24.5. The second-order valence-corrected chi connectivity index (χ2v) is 11.5. The van der Waals surface area contributed by atoms with E-state index >= 15 is 0 Å². The van der Waals surface area contributed by atoms with Crippen LogP contribution in [0.15, 0.2) is 24.7 Å². The molecular formula is C26H32N6O4S. The van der Waals surface area contributed by atoms with Crippen LogP contribution in [0.5, 0.6) is 0 Å². The van der Waals surface area contributed by atoms with Gasteiger partial charge in [-0.3, -0.25) is 14.5 Å². The number of nitrogens with zero attached hydrogens (tertiary/aromatic N) is 4. The van der Waals surface area contributed by atoms with Crippen molar-refractivity contribution < 1.29 is 19.4 Å². The number of Topliss-reactive ketones (excluding diaryl/α,β-unsaturated/α-hetero) is 1. The summed E-state index contributed by atoms with van der Waals surface area (Å²) in [6.45, 7) is 4.71. The van der Waals surface area contributed by atoms with E-state index in [1.807, 2.05) is 30.4 Å². The minimum Gasteiger partial charge on any atom is -0.384 e. The molecule has 0 bridgehead atoms. The number of anilines is 1. The van der Waals surface area contributed by atoms with Gasteiger partial charge in [-0.1, -0.05) is 0 Å². The van der Waals surface area contributed by atoms with Crippen molar-refractivity contribution in [2.75, 3.05) is 45.2 Å². The van der Waals surface area contributed by atoms with E-state index in [4.69, 9.17) is 4.74 Å².